The van der Waals surface area contributed by atoms with Gasteiger partial charge in [-0.2, -0.15) is 0 Å². The van der Waals surface area contributed by atoms with Crippen molar-refractivity contribution >= 4 is 38.3 Å². The molecular formula is C25H30B2N6O2. The molecule has 3 aliphatic rings. The number of H-pyrrole nitrogens is 1. The normalized spacial score (nSPS) is 19.1. The van der Waals surface area contributed by atoms with Crippen LogP contribution in [0.15, 0.2) is 41.5 Å². The van der Waals surface area contributed by atoms with E-state index < -0.39 is 0 Å². The third-order valence-electron chi connectivity index (χ3n) is 7.77. The van der Waals surface area contributed by atoms with Crippen LogP contribution in [0.2, 0.25) is 0 Å². The second kappa shape index (κ2) is 8.52. The van der Waals surface area contributed by atoms with Gasteiger partial charge in [0.1, 0.15) is 21.4 Å². The van der Waals surface area contributed by atoms with Gasteiger partial charge in [0.2, 0.25) is 0 Å². The molecule has 0 atom stereocenters. The molecule has 35 heavy (non-hydrogen) atoms. The van der Waals surface area contributed by atoms with Crippen LogP contribution in [-0.2, 0) is 5.34 Å². The van der Waals surface area contributed by atoms with E-state index in [1.165, 1.54) is 0 Å². The number of nitrogens with one attached hydrogen (secondary N) is 2. The van der Waals surface area contributed by atoms with E-state index in [9.17, 15) is 9.59 Å². The van der Waals surface area contributed by atoms with Crippen LogP contribution >= 0.6 is 0 Å². The minimum Gasteiger partial charge on any atom is -0.368 e. The third kappa shape index (κ3) is 4.47. The number of piperazine rings is 1. The highest BCUT2D eigenvalue weighted by Crippen LogP contribution is 2.38. The lowest BCUT2D eigenvalue weighted by molar-refractivity contribution is 0.0946. The molecule has 10 heteroatoms. The van der Waals surface area contributed by atoms with Gasteiger partial charge >= 0.3 is 0 Å². The van der Waals surface area contributed by atoms with Crippen LogP contribution in [0.3, 0.4) is 0 Å². The zero-order valence-electron chi connectivity index (χ0n) is 20.4. The quantitative estimate of drug-likeness (QED) is 0.506. The minimum absolute atomic E-state index is 0.0232. The SMILES string of the molecule is BC(B)(c1cnc2cc(C3CC3)c(=O)[nH]c2c1)N1CCN(c2ccc(C(=O)NC3CC3)nc2)CC1. The fourth-order valence-corrected chi connectivity index (χ4v) is 5.03. The highest BCUT2D eigenvalue weighted by atomic mass is 16.2. The molecule has 0 aromatic carbocycles. The Hall–Kier alpha value is -3.13. The zero-order valence-corrected chi connectivity index (χ0v) is 20.4. The van der Waals surface area contributed by atoms with Gasteiger partial charge in [0, 0.05) is 44.0 Å². The average molecular weight is 468 g/mol. The standard InChI is InChI=1S/C25H30B2N6O2/c26-25(27,16-11-22-21(28-13-16)12-19(15-1-2-15)23(34)31-22)33-9-7-32(8-10-33)18-5-6-20(29-14-18)24(35)30-17-3-4-17/h5-6,11-15,17H,1-4,7-10,26-27H2,(H,30,35)(H,31,34). The lowest BCUT2D eigenvalue weighted by Gasteiger charge is -2.45. The van der Waals surface area contributed by atoms with Crippen LogP contribution in [-0.4, -0.2) is 73.7 Å². The molecule has 6 rings (SSSR count). The molecule has 2 aliphatic carbocycles. The predicted octanol–water partition coefficient (Wildman–Crippen LogP) is 0.286. The molecule has 2 saturated carbocycles. The summed E-state index contributed by atoms with van der Waals surface area (Å²) in [5, 5.41) is 2.77. The number of aromatic amines is 1. The van der Waals surface area contributed by atoms with Gasteiger partial charge in [0.25, 0.3) is 11.5 Å². The van der Waals surface area contributed by atoms with Crippen molar-refractivity contribution < 1.29 is 4.79 Å². The maximum atomic E-state index is 12.5. The molecule has 3 aromatic heterocycles. The molecule has 4 heterocycles. The Kier molecular flexibility index (Phi) is 5.44. The lowest BCUT2D eigenvalue weighted by atomic mass is 9.57. The van der Waals surface area contributed by atoms with E-state index in [0.29, 0.717) is 17.7 Å². The predicted molar refractivity (Wildman–Crippen MR) is 142 cm³/mol. The molecule has 3 fully saturated rings. The Balaban J connectivity index is 1.13. The maximum absolute atomic E-state index is 12.5. The van der Waals surface area contributed by atoms with Gasteiger partial charge in [-0.1, -0.05) is 0 Å². The van der Waals surface area contributed by atoms with Crippen molar-refractivity contribution in [3.8, 4) is 0 Å². The molecule has 0 unspecified atom stereocenters. The number of pyridine rings is 3. The summed E-state index contributed by atoms with van der Waals surface area (Å²) in [5.74, 6) is 0.323. The average Bonchev–Trinajstić information content (AvgIpc) is 3.79. The Morgan fingerprint density at radius 3 is 2.46 bits per heavy atom. The number of fused-ring (bicyclic) bond motifs is 1. The van der Waals surface area contributed by atoms with E-state index in [-0.39, 0.29) is 16.8 Å². The Labute approximate surface area is 206 Å². The van der Waals surface area contributed by atoms with E-state index in [2.05, 4.69) is 46.8 Å². The number of anilines is 1. The Morgan fingerprint density at radius 1 is 1.03 bits per heavy atom. The highest BCUT2D eigenvalue weighted by Gasteiger charge is 2.33. The molecule has 1 aliphatic heterocycles. The van der Waals surface area contributed by atoms with Crippen LogP contribution in [0.25, 0.3) is 11.0 Å². The van der Waals surface area contributed by atoms with Crippen molar-refractivity contribution in [2.75, 3.05) is 31.1 Å². The fraction of sp³-hybridized carbons (Fsp3) is 0.440. The molecule has 1 amide bonds. The number of rotatable bonds is 6. The first-order valence-corrected chi connectivity index (χ1v) is 12.7. The first-order chi connectivity index (χ1) is 16.9. The van der Waals surface area contributed by atoms with E-state index >= 15 is 0 Å². The summed E-state index contributed by atoms with van der Waals surface area (Å²) in [4.78, 5) is 41.7. The van der Waals surface area contributed by atoms with Gasteiger partial charge in [-0.25, -0.2) is 4.98 Å². The van der Waals surface area contributed by atoms with E-state index in [0.717, 1.165) is 79.7 Å². The van der Waals surface area contributed by atoms with Crippen molar-refractivity contribution in [3.05, 3.63) is 63.8 Å². The summed E-state index contributed by atoms with van der Waals surface area (Å²) in [7, 11) is 4.44. The number of carbonyl (C=O) groups excluding carboxylic acids is 1. The summed E-state index contributed by atoms with van der Waals surface area (Å²) in [6.45, 7) is 3.54. The number of hydrogen-bond acceptors (Lipinski definition) is 6. The molecular weight excluding hydrogens is 438 g/mol. The molecule has 1 saturated heterocycles. The van der Waals surface area contributed by atoms with Crippen LogP contribution in [0, 0.1) is 0 Å². The molecule has 178 valence electrons. The van der Waals surface area contributed by atoms with E-state index in [1.807, 2.05) is 30.6 Å². The number of amides is 1. The maximum Gasteiger partial charge on any atom is 0.270 e. The monoisotopic (exact) mass is 468 g/mol. The van der Waals surface area contributed by atoms with E-state index in [4.69, 9.17) is 4.98 Å². The van der Waals surface area contributed by atoms with Crippen molar-refractivity contribution in [1.82, 2.24) is 25.2 Å². The third-order valence-corrected chi connectivity index (χ3v) is 7.77. The van der Waals surface area contributed by atoms with E-state index in [1.54, 1.807) is 0 Å². The Morgan fingerprint density at radius 2 is 1.80 bits per heavy atom. The summed E-state index contributed by atoms with van der Waals surface area (Å²) >= 11 is 0. The highest BCUT2D eigenvalue weighted by molar-refractivity contribution is 6.39. The second-order valence-corrected chi connectivity index (χ2v) is 10.7. The van der Waals surface area contributed by atoms with Crippen LogP contribution in [0.1, 0.15) is 53.2 Å². The van der Waals surface area contributed by atoms with Crippen LogP contribution in [0.4, 0.5) is 5.69 Å². The number of aromatic nitrogens is 3. The van der Waals surface area contributed by atoms with Gasteiger partial charge < -0.3 is 20.1 Å². The first kappa shape index (κ1) is 22.3. The van der Waals surface area contributed by atoms with Crippen molar-refractivity contribution in [2.45, 2.75) is 43.0 Å². The van der Waals surface area contributed by atoms with Gasteiger partial charge in [0.05, 0.1) is 22.9 Å². The summed E-state index contributed by atoms with van der Waals surface area (Å²) < 4.78 is 0. The van der Waals surface area contributed by atoms with Gasteiger partial charge in [-0.05, 0) is 66.8 Å². The summed E-state index contributed by atoms with van der Waals surface area (Å²) in [5.41, 5.74) is 5.18. The first-order valence-electron chi connectivity index (χ1n) is 12.7. The molecule has 3 aromatic rings. The zero-order chi connectivity index (χ0) is 24.2. The van der Waals surface area contributed by atoms with Crippen molar-refractivity contribution in [1.29, 1.82) is 0 Å². The second-order valence-electron chi connectivity index (χ2n) is 10.7. The van der Waals surface area contributed by atoms with Gasteiger partial charge in [0.15, 0.2) is 0 Å². The van der Waals surface area contributed by atoms with Crippen LogP contribution in [0.5, 0.6) is 0 Å². The number of nitrogens with zero attached hydrogens (tertiary/aromatic N) is 4. The summed E-state index contributed by atoms with van der Waals surface area (Å²) in [6.07, 6.45) is 8.10. The largest absolute Gasteiger partial charge is 0.368 e. The lowest BCUT2D eigenvalue weighted by Crippen LogP contribution is -2.56. The molecule has 0 bridgehead atoms. The van der Waals surface area contributed by atoms with Gasteiger partial charge in [-0.3, -0.25) is 14.6 Å². The molecule has 8 nitrogen and oxygen atoms in total. The van der Waals surface area contributed by atoms with Gasteiger partial charge in [-0.15, -0.1) is 0 Å². The minimum atomic E-state index is -0.220. The molecule has 0 radical (unpaired) electrons. The topological polar surface area (TPSA) is 94.2 Å². The number of hydrogen-bond donors (Lipinski definition) is 2. The van der Waals surface area contributed by atoms with Crippen LogP contribution < -0.4 is 15.8 Å². The number of carbonyl (C=O) groups is 1. The van der Waals surface area contributed by atoms with Crippen molar-refractivity contribution in [3.63, 3.8) is 0 Å². The molecule has 2 N–H and O–H groups in total. The smallest absolute Gasteiger partial charge is 0.270 e. The summed E-state index contributed by atoms with van der Waals surface area (Å²) in [6, 6.07) is 8.20. The molecule has 0 spiro atoms. The van der Waals surface area contributed by atoms with Crippen molar-refractivity contribution in [2.24, 2.45) is 0 Å². The Bertz CT molecular complexity index is 1330. The fourth-order valence-electron chi connectivity index (χ4n) is 5.03.